The van der Waals surface area contributed by atoms with Gasteiger partial charge in [-0.2, -0.15) is 0 Å². The Morgan fingerprint density at radius 2 is 1.86 bits per heavy atom. The highest BCUT2D eigenvalue weighted by molar-refractivity contribution is 5.97. The number of ether oxygens (including phenoxy) is 1. The average molecular weight is 507 g/mol. The van der Waals surface area contributed by atoms with Crippen LogP contribution in [0.1, 0.15) is 30.1 Å². The van der Waals surface area contributed by atoms with Gasteiger partial charge in [0, 0.05) is 24.7 Å². The number of hydrogen-bond acceptors (Lipinski definition) is 6. The number of aliphatic hydroxyl groups is 1. The maximum absolute atomic E-state index is 13.7. The summed E-state index contributed by atoms with van der Waals surface area (Å²) in [5.41, 5.74) is 1.18. The number of rotatable bonds is 6. The number of methoxy groups -OCH3 is 1. The van der Waals surface area contributed by atoms with Crippen molar-refractivity contribution < 1.29 is 29.0 Å². The second kappa shape index (κ2) is 10.2. The van der Waals surface area contributed by atoms with E-state index in [0.717, 1.165) is 5.56 Å². The largest absolute Gasteiger partial charge is 0.496 e. The fourth-order valence-corrected chi connectivity index (χ4v) is 5.61. The number of likely N-dealkylation sites (tertiary alicyclic amines) is 1. The van der Waals surface area contributed by atoms with Crippen LogP contribution in [0.4, 0.5) is 0 Å². The summed E-state index contributed by atoms with van der Waals surface area (Å²) in [7, 11) is 1.54. The molecule has 4 amide bonds. The van der Waals surface area contributed by atoms with Crippen LogP contribution in [0.25, 0.3) is 0 Å². The number of hydrogen-bond donors (Lipinski definition) is 3. The molecular weight excluding hydrogens is 476 g/mol. The lowest BCUT2D eigenvalue weighted by Gasteiger charge is -2.30. The molecule has 0 spiro atoms. The van der Waals surface area contributed by atoms with Crippen molar-refractivity contribution in [2.45, 2.75) is 49.5 Å². The Hall–Kier alpha value is -3.92. The van der Waals surface area contributed by atoms with Gasteiger partial charge in [-0.1, -0.05) is 48.5 Å². The summed E-state index contributed by atoms with van der Waals surface area (Å²) in [6, 6.07) is 13.2. The summed E-state index contributed by atoms with van der Waals surface area (Å²) in [6.07, 6.45) is -0.580. The molecule has 3 aliphatic rings. The molecule has 2 aromatic carbocycles. The van der Waals surface area contributed by atoms with E-state index in [1.54, 1.807) is 43.5 Å². The molecule has 3 aliphatic heterocycles. The van der Waals surface area contributed by atoms with Gasteiger partial charge in [0.05, 0.1) is 19.6 Å². The Bertz CT molecular complexity index is 1200. The van der Waals surface area contributed by atoms with Crippen molar-refractivity contribution in [1.82, 2.24) is 20.4 Å². The molecule has 0 bridgehead atoms. The van der Waals surface area contributed by atoms with Crippen LogP contribution in [0.3, 0.4) is 0 Å². The molecule has 5 atom stereocenters. The number of nitrogens with zero attached hydrogens (tertiary/aromatic N) is 2. The molecule has 3 fully saturated rings. The smallest absolute Gasteiger partial charge is 0.256 e. The maximum Gasteiger partial charge on any atom is 0.256 e. The van der Waals surface area contributed by atoms with Gasteiger partial charge in [-0.3, -0.25) is 19.2 Å². The van der Waals surface area contributed by atoms with E-state index in [2.05, 4.69) is 10.6 Å². The Morgan fingerprint density at radius 1 is 1.14 bits per heavy atom. The summed E-state index contributed by atoms with van der Waals surface area (Å²) in [6.45, 7) is 0.419. The third kappa shape index (κ3) is 4.76. The van der Waals surface area contributed by atoms with Crippen molar-refractivity contribution in [2.75, 3.05) is 20.2 Å². The van der Waals surface area contributed by atoms with Crippen LogP contribution in [0, 0.1) is 0 Å². The molecule has 0 aromatic heterocycles. The van der Waals surface area contributed by atoms with Gasteiger partial charge in [-0.25, -0.2) is 0 Å². The van der Waals surface area contributed by atoms with Gasteiger partial charge >= 0.3 is 0 Å². The summed E-state index contributed by atoms with van der Waals surface area (Å²) >= 11 is 0. The number of aliphatic hydroxyl groups excluding tert-OH is 1. The van der Waals surface area contributed by atoms with Crippen LogP contribution in [-0.4, -0.2) is 82.9 Å². The molecule has 194 valence electrons. The van der Waals surface area contributed by atoms with E-state index in [9.17, 15) is 24.3 Å². The third-order valence-corrected chi connectivity index (χ3v) is 7.41. The molecule has 0 aliphatic carbocycles. The Balaban J connectivity index is 1.28. The minimum Gasteiger partial charge on any atom is -0.496 e. The minimum absolute atomic E-state index is 0.107. The van der Waals surface area contributed by atoms with Gasteiger partial charge in [-0.15, -0.1) is 0 Å². The first-order valence-corrected chi connectivity index (χ1v) is 12.4. The summed E-state index contributed by atoms with van der Waals surface area (Å²) < 4.78 is 5.31. The minimum atomic E-state index is -1.40. The Kier molecular flexibility index (Phi) is 6.84. The van der Waals surface area contributed by atoms with E-state index in [4.69, 9.17) is 4.74 Å². The zero-order chi connectivity index (χ0) is 26.1. The first-order chi connectivity index (χ1) is 17.9. The number of carbonyl (C=O) groups excluding carboxylic acids is 4. The quantitative estimate of drug-likeness (QED) is 0.512. The SMILES string of the molecule is COc1ccccc1CC(=O)NC1CC2C(=O)NC3CCN(C(=O)C(O)c4ccccc4)C3C(=O)N2C1. The van der Waals surface area contributed by atoms with E-state index >= 15 is 0 Å². The molecule has 3 saturated heterocycles. The van der Waals surface area contributed by atoms with Crippen molar-refractivity contribution in [2.24, 2.45) is 0 Å². The molecule has 2 aromatic rings. The number of fused-ring (bicyclic) bond motifs is 2. The first-order valence-electron chi connectivity index (χ1n) is 12.4. The number of nitrogens with one attached hydrogen (secondary N) is 2. The van der Waals surface area contributed by atoms with Gasteiger partial charge in [0.15, 0.2) is 6.10 Å². The van der Waals surface area contributed by atoms with Crippen LogP contribution in [0.15, 0.2) is 54.6 Å². The lowest BCUT2D eigenvalue weighted by atomic mass is 10.1. The van der Waals surface area contributed by atoms with Crippen LogP contribution >= 0.6 is 0 Å². The molecule has 5 unspecified atom stereocenters. The summed E-state index contributed by atoms with van der Waals surface area (Å²) in [5.74, 6) is -0.828. The normalized spacial score (nSPS) is 25.6. The molecule has 3 heterocycles. The molecule has 5 rings (SSSR count). The fraction of sp³-hybridized carbons (Fsp3) is 0.407. The lowest BCUT2D eigenvalue weighted by molar-refractivity contribution is -0.149. The lowest BCUT2D eigenvalue weighted by Crippen LogP contribution is -2.53. The zero-order valence-corrected chi connectivity index (χ0v) is 20.5. The number of amides is 4. The van der Waals surface area contributed by atoms with Crippen LogP contribution in [0.2, 0.25) is 0 Å². The topological polar surface area (TPSA) is 128 Å². The molecule has 37 heavy (non-hydrogen) atoms. The standard InChI is InChI=1S/C27H30N4O6/c1-37-21-10-6-5-9-17(21)13-22(32)28-18-14-20-25(34)29-19-11-12-30(23(19)26(35)31(20)15-18)27(36)24(33)16-7-3-2-4-8-16/h2-10,18-20,23-24,33H,11-15H2,1H3,(H,28,32)(H,29,34). The maximum atomic E-state index is 13.7. The van der Waals surface area contributed by atoms with Gasteiger partial charge in [-0.05, 0) is 24.5 Å². The fourth-order valence-electron chi connectivity index (χ4n) is 5.61. The molecular formula is C27H30N4O6. The molecule has 3 N–H and O–H groups in total. The zero-order valence-electron chi connectivity index (χ0n) is 20.5. The van der Waals surface area contributed by atoms with E-state index < -0.39 is 36.2 Å². The second-order valence-electron chi connectivity index (χ2n) is 9.69. The third-order valence-electron chi connectivity index (χ3n) is 7.41. The summed E-state index contributed by atoms with van der Waals surface area (Å²) in [4.78, 5) is 55.5. The van der Waals surface area contributed by atoms with Gasteiger partial charge in [0.2, 0.25) is 17.7 Å². The van der Waals surface area contributed by atoms with Gasteiger partial charge < -0.3 is 30.3 Å². The highest BCUT2D eigenvalue weighted by Gasteiger charge is 2.53. The number of para-hydroxylation sites is 1. The van der Waals surface area contributed by atoms with E-state index in [-0.39, 0.29) is 43.7 Å². The highest BCUT2D eigenvalue weighted by Crippen LogP contribution is 2.31. The first kappa shape index (κ1) is 24.8. The van der Waals surface area contributed by atoms with Crippen molar-refractivity contribution in [1.29, 1.82) is 0 Å². The molecule has 0 radical (unpaired) electrons. The highest BCUT2D eigenvalue weighted by atomic mass is 16.5. The number of carbonyl (C=O) groups is 4. The monoisotopic (exact) mass is 506 g/mol. The van der Waals surface area contributed by atoms with E-state index in [1.165, 1.54) is 9.80 Å². The predicted octanol–water partition coefficient (Wildman–Crippen LogP) is 0.156. The molecule has 10 nitrogen and oxygen atoms in total. The van der Waals surface area contributed by atoms with E-state index in [0.29, 0.717) is 17.7 Å². The Morgan fingerprint density at radius 3 is 2.62 bits per heavy atom. The van der Waals surface area contributed by atoms with Crippen molar-refractivity contribution >= 4 is 23.6 Å². The molecule has 10 heteroatoms. The van der Waals surface area contributed by atoms with Gasteiger partial charge in [0.25, 0.3) is 5.91 Å². The van der Waals surface area contributed by atoms with Crippen LogP contribution in [0.5, 0.6) is 5.75 Å². The van der Waals surface area contributed by atoms with Crippen LogP contribution in [-0.2, 0) is 25.6 Å². The van der Waals surface area contributed by atoms with E-state index in [1.807, 2.05) is 18.2 Å². The predicted molar refractivity (Wildman–Crippen MR) is 132 cm³/mol. The summed E-state index contributed by atoms with van der Waals surface area (Å²) in [5, 5.41) is 16.5. The number of benzene rings is 2. The van der Waals surface area contributed by atoms with Crippen LogP contribution < -0.4 is 15.4 Å². The molecule has 0 saturated carbocycles. The average Bonchev–Trinajstić information content (AvgIpc) is 3.50. The van der Waals surface area contributed by atoms with Gasteiger partial charge in [0.1, 0.15) is 17.8 Å². The van der Waals surface area contributed by atoms with Crippen molar-refractivity contribution in [3.05, 3.63) is 65.7 Å². The Labute approximate surface area is 214 Å². The van der Waals surface area contributed by atoms with Crippen molar-refractivity contribution in [3.63, 3.8) is 0 Å². The second-order valence-corrected chi connectivity index (χ2v) is 9.69. The van der Waals surface area contributed by atoms with Crippen molar-refractivity contribution in [3.8, 4) is 5.75 Å².